The quantitative estimate of drug-likeness (QED) is 0.535. The molecule has 0 saturated heterocycles. The number of hydrogen-bond donors (Lipinski definition) is 0. The number of benzene rings is 2. The van der Waals surface area contributed by atoms with E-state index >= 15 is 0 Å². The number of nitrogens with zero attached hydrogens (tertiary/aromatic N) is 3. The predicted octanol–water partition coefficient (Wildman–Crippen LogP) is 3.71. The summed E-state index contributed by atoms with van der Waals surface area (Å²) in [7, 11) is 1.54. The van der Waals surface area contributed by atoms with Crippen LogP contribution >= 0.6 is 11.6 Å². The minimum absolute atomic E-state index is 0.0888. The van der Waals surface area contributed by atoms with E-state index in [0.29, 0.717) is 40.9 Å². The Morgan fingerprint density at radius 1 is 1.14 bits per heavy atom. The third-order valence-electron chi connectivity index (χ3n) is 3.84. The van der Waals surface area contributed by atoms with Crippen molar-refractivity contribution < 1.29 is 19.0 Å². The molecule has 146 valence electrons. The zero-order chi connectivity index (χ0) is 19.9. The number of carbonyl (C=O) groups excluding carboxylic acids is 1. The van der Waals surface area contributed by atoms with E-state index in [1.54, 1.807) is 55.6 Å². The van der Waals surface area contributed by atoms with Crippen LogP contribution in [-0.4, -0.2) is 47.6 Å². The van der Waals surface area contributed by atoms with E-state index in [1.807, 2.05) is 6.92 Å². The molecule has 1 heterocycles. The van der Waals surface area contributed by atoms with Crippen molar-refractivity contribution in [3.05, 3.63) is 59.1 Å². The van der Waals surface area contributed by atoms with Gasteiger partial charge in [0, 0.05) is 22.8 Å². The molecule has 0 aliphatic carbocycles. The Bertz CT molecular complexity index is 958. The van der Waals surface area contributed by atoms with E-state index in [9.17, 15) is 4.79 Å². The van der Waals surface area contributed by atoms with Crippen molar-refractivity contribution >= 4 is 17.5 Å². The van der Waals surface area contributed by atoms with Crippen LogP contribution in [0.1, 0.15) is 17.3 Å². The van der Waals surface area contributed by atoms with Crippen molar-refractivity contribution in [2.24, 2.45) is 0 Å². The van der Waals surface area contributed by atoms with Gasteiger partial charge in [0.2, 0.25) is 0 Å². The van der Waals surface area contributed by atoms with Crippen LogP contribution in [0.2, 0.25) is 5.02 Å². The fourth-order valence-corrected chi connectivity index (χ4v) is 2.72. The number of rotatable bonds is 8. The summed E-state index contributed by atoms with van der Waals surface area (Å²) in [4.78, 5) is 17.4. The lowest BCUT2D eigenvalue weighted by Gasteiger charge is -2.06. The lowest BCUT2D eigenvalue weighted by molar-refractivity contribution is 0.0937. The lowest BCUT2D eigenvalue weighted by Crippen LogP contribution is -2.15. The Kier molecular flexibility index (Phi) is 6.62. The first kappa shape index (κ1) is 19.9. The third-order valence-corrected chi connectivity index (χ3v) is 4.08. The first-order valence-corrected chi connectivity index (χ1v) is 9.12. The molecule has 3 aromatic rings. The standard InChI is InChI=1S/C20H20ClN3O4/c1-3-27-10-11-28-20-22-18(14-6-4-8-16(21)12-14)24(23-20)19(25)15-7-5-9-17(13-15)26-2/h4-9,12-13H,3,10-11H2,1-2H3. The summed E-state index contributed by atoms with van der Waals surface area (Å²) in [5.41, 5.74) is 1.06. The maximum absolute atomic E-state index is 13.1. The van der Waals surface area contributed by atoms with Crippen LogP contribution in [0.3, 0.4) is 0 Å². The molecule has 0 fully saturated rings. The van der Waals surface area contributed by atoms with Crippen LogP contribution in [-0.2, 0) is 4.74 Å². The smallest absolute Gasteiger partial charge is 0.336 e. The highest BCUT2D eigenvalue weighted by Gasteiger charge is 2.20. The number of halogens is 1. The van der Waals surface area contributed by atoms with Crippen molar-refractivity contribution in [3.8, 4) is 23.1 Å². The molecule has 0 radical (unpaired) electrons. The highest BCUT2D eigenvalue weighted by molar-refractivity contribution is 6.30. The molecule has 0 aliphatic rings. The van der Waals surface area contributed by atoms with E-state index in [-0.39, 0.29) is 18.5 Å². The SMILES string of the molecule is CCOCCOc1nc(-c2cccc(Cl)c2)n(C(=O)c2cccc(OC)c2)n1. The molecule has 7 nitrogen and oxygen atoms in total. The van der Waals surface area contributed by atoms with Crippen LogP contribution in [0.15, 0.2) is 48.5 Å². The Labute approximate surface area is 167 Å². The first-order valence-electron chi connectivity index (χ1n) is 8.74. The Hall–Kier alpha value is -2.90. The second-order valence-corrected chi connectivity index (χ2v) is 6.16. The summed E-state index contributed by atoms with van der Waals surface area (Å²) in [6.45, 7) is 3.17. The van der Waals surface area contributed by atoms with E-state index in [2.05, 4.69) is 10.1 Å². The van der Waals surface area contributed by atoms with E-state index in [4.69, 9.17) is 25.8 Å². The van der Waals surface area contributed by atoms with Crippen LogP contribution < -0.4 is 9.47 Å². The molecule has 0 amide bonds. The molecule has 0 saturated carbocycles. The highest BCUT2D eigenvalue weighted by atomic mass is 35.5. The van der Waals surface area contributed by atoms with Crippen LogP contribution in [0.5, 0.6) is 11.8 Å². The first-order chi connectivity index (χ1) is 13.6. The summed E-state index contributed by atoms with van der Waals surface area (Å²) in [6.07, 6.45) is 0. The molecule has 0 N–H and O–H groups in total. The summed E-state index contributed by atoms with van der Waals surface area (Å²) in [5, 5.41) is 4.77. The molecule has 1 aromatic heterocycles. The van der Waals surface area contributed by atoms with Crippen LogP contribution in [0.25, 0.3) is 11.4 Å². The summed E-state index contributed by atoms with van der Waals surface area (Å²) in [6, 6.07) is 14.0. The Morgan fingerprint density at radius 2 is 1.96 bits per heavy atom. The highest BCUT2D eigenvalue weighted by Crippen LogP contribution is 2.24. The number of aromatic nitrogens is 3. The van der Waals surface area contributed by atoms with Crippen molar-refractivity contribution in [1.29, 1.82) is 0 Å². The van der Waals surface area contributed by atoms with Gasteiger partial charge in [-0.25, -0.2) is 0 Å². The fourth-order valence-electron chi connectivity index (χ4n) is 2.52. The average molecular weight is 402 g/mol. The normalized spacial score (nSPS) is 10.7. The van der Waals surface area contributed by atoms with Gasteiger partial charge in [0.25, 0.3) is 5.91 Å². The van der Waals surface area contributed by atoms with Gasteiger partial charge >= 0.3 is 6.01 Å². The molecule has 0 spiro atoms. The minimum Gasteiger partial charge on any atom is -0.497 e. The van der Waals surface area contributed by atoms with Crippen molar-refractivity contribution in [2.45, 2.75) is 6.92 Å². The molecule has 3 rings (SSSR count). The van der Waals surface area contributed by atoms with Gasteiger partial charge in [-0.1, -0.05) is 29.8 Å². The second kappa shape index (κ2) is 9.34. The molecule has 0 atom stereocenters. The van der Waals surface area contributed by atoms with Crippen LogP contribution in [0.4, 0.5) is 0 Å². The number of ether oxygens (including phenoxy) is 3. The largest absolute Gasteiger partial charge is 0.497 e. The number of methoxy groups -OCH3 is 1. The van der Waals surface area contributed by atoms with Crippen molar-refractivity contribution in [2.75, 3.05) is 26.9 Å². The number of hydrogen-bond acceptors (Lipinski definition) is 6. The monoisotopic (exact) mass is 401 g/mol. The molecule has 28 heavy (non-hydrogen) atoms. The fraction of sp³-hybridized carbons (Fsp3) is 0.250. The van der Waals surface area contributed by atoms with Gasteiger partial charge in [-0.3, -0.25) is 4.79 Å². The summed E-state index contributed by atoms with van der Waals surface area (Å²) >= 11 is 6.10. The van der Waals surface area contributed by atoms with Gasteiger partial charge in [0.15, 0.2) is 5.82 Å². The van der Waals surface area contributed by atoms with E-state index < -0.39 is 0 Å². The lowest BCUT2D eigenvalue weighted by atomic mass is 10.2. The molecule has 0 bridgehead atoms. The molecular formula is C20H20ClN3O4. The topological polar surface area (TPSA) is 75.5 Å². The maximum atomic E-state index is 13.1. The predicted molar refractivity (Wildman–Crippen MR) is 105 cm³/mol. The van der Waals surface area contributed by atoms with E-state index in [1.165, 1.54) is 4.68 Å². The van der Waals surface area contributed by atoms with Gasteiger partial charge in [0.1, 0.15) is 12.4 Å². The third kappa shape index (κ3) is 4.68. The van der Waals surface area contributed by atoms with Gasteiger partial charge in [-0.2, -0.15) is 9.67 Å². The summed E-state index contributed by atoms with van der Waals surface area (Å²) < 4.78 is 17.2. The molecule has 8 heteroatoms. The second-order valence-electron chi connectivity index (χ2n) is 5.72. The number of carbonyl (C=O) groups is 1. The van der Waals surface area contributed by atoms with Crippen molar-refractivity contribution in [3.63, 3.8) is 0 Å². The molecule has 0 unspecified atom stereocenters. The van der Waals surface area contributed by atoms with Gasteiger partial charge in [0.05, 0.1) is 13.7 Å². The zero-order valence-corrected chi connectivity index (χ0v) is 16.3. The average Bonchev–Trinajstić information content (AvgIpc) is 3.15. The molecule has 2 aromatic carbocycles. The molecular weight excluding hydrogens is 382 g/mol. The minimum atomic E-state index is -0.360. The van der Waals surface area contributed by atoms with Crippen molar-refractivity contribution in [1.82, 2.24) is 14.8 Å². The summed E-state index contributed by atoms with van der Waals surface area (Å²) in [5.74, 6) is 0.547. The van der Waals surface area contributed by atoms with Gasteiger partial charge in [-0.05, 0) is 37.3 Å². The maximum Gasteiger partial charge on any atom is 0.336 e. The Morgan fingerprint density at radius 3 is 2.71 bits per heavy atom. The van der Waals surface area contributed by atoms with Gasteiger partial charge in [-0.15, -0.1) is 5.10 Å². The van der Waals surface area contributed by atoms with Gasteiger partial charge < -0.3 is 14.2 Å². The Balaban J connectivity index is 1.97. The van der Waals surface area contributed by atoms with Crippen LogP contribution in [0, 0.1) is 0 Å². The molecule has 0 aliphatic heterocycles. The van der Waals surface area contributed by atoms with E-state index in [0.717, 1.165) is 0 Å². The zero-order valence-electron chi connectivity index (χ0n) is 15.6.